The lowest BCUT2D eigenvalue weighted by molar-refractivity contribution is -0.118. The molecule has 1 saturated carbocycles. The molecule has 0 aliphatic heterocycles. The van der Waals surface area contributed by atoms with Crippen LogP contribution in [0.5, 0.6) is 0 Å². The van der Waals surface area contributed by atoms with E-state index in [9.17, 15) is 4.79 Å². The zero-order valence-electron chi connectivity index (χ0n) is 10.6. The van der Waals surface area contributed by atoms with E-state index in [1.807, 2.05) is 36.6 Å². The fraction of sp³-hybridized carbons (Fsp3) is 0.286. The molecule has 1 aromatic carbocycles. The maximum absolute atomic E-state index is 11.9. The first-order chi connectivity index (χ1) is 9.07. The minimum atomic E-state index is -0.646. The van der Waals surface area contributed by atoms with Gasteiger partial charge in [0, 0.05) is 16.6 Å². The van der Waals surface area contributed by atoms with E-state index in [0.29, 0.717) is 0 Å². The normalized spacial score (nSPS) is 16.1. The molecule has 1 aliphatic rings. The third-order valence-corrected chi connectivity index (χ3v) is 4.05. The molecule has 0 atom stereocenters. The molecule has 0 bridgehead atoms. The molecule has 19 heavy (non-hydrogen) atoms. The van der Waals surface area contributed by atoms with Gasteiger partial charge in [0.1, 0.15) is 0 Å². The number of rotatable bonds is 3. The van der Waals surface area contributed by atoms with Crippen molar-refractivity contribution in [1.29, 1.82) is 0 Å². The highest BCUT2D eigenvalue weighted by molar-refractivity contribution is 7.09. The SMILES string of the molecule is Cc1nc(-c2cccc(NC(=O)C3(N)CC3)c2)cs1. The van der Waals surface area contributed by atoms with Gasteiger partial charge in [-0.15, -0.1) is 11.3 Å². The van der Waals surface area contributed by atoms with E-state index in [-0.39, 0.29) is 5.91 Å². The summed E-state index contributed by atoms with van der Waals surface area (Å²) in [6.45, 7) is 1.98. The molecule has 1 fully saturated rings. The van der Waals surface area contributed by atoms with Crippen LogP contribution in [-0.4, -0.2) is 16.4 Å². The Kier molecular flexibility index (Phi) is 2.88. The van der Waals surface area contributed by atoms with E-state index in [4.69, 9.17) is 5.73 Å². The van der Waals surface area contributed by atoms with E-state index in [2.05, 4.69) is 10.3 Å². The summed E-state index contributed by atoms with van der Waals surface area (Å²) in [6, 6.07) is 7.69. The highest BCUT2D eigenvalue weighted by atomic mass is 32.1. The van der Waals surface area contributed by atoms with Gasteiger partial charge in [-0.25, -0.2) is 4.98 Å². The van der Waals surface area contributed by atoms with Crippen LogP contribution in [0.25, 0.3) is 11.3 Å². The number of hydrogen-bond donors (Lipinski definition) is 2. The zero-order valence-corrected chi connectivity index (χ0v) is 11.5. The van der Waals surface area contributed by atoms with Crippen LogP contribution in [0.15, 0.2) is 29.6 Å². The third-order valence-electron chi connectivity index (χ3n) is 3.28. The minimum Gasteiger partial charge on any atom is -0.324 e. The van der Waals surface area contributed by atoms with Gasteiger partial charge in [-0.05, 0) is 31.9 Å². The number of hydrogen-bond acceptors (Lipinski definition) is 4. The van der Waals surface area contributed by atoms with Crippen LogP contribution < -0.4 is 11.1 Å². The number of benzene rings is 1. The highest BCUT2D eigenvalue weighted by Crippen LogP contribution is 2.33. The van der Waals surface area contributed by atoms with Gasteiger partial charge in [0.15, 0.2) is 0 Å². The number of nitrogens with zero attached hydrogens (tertiary/aromatic N) is 1. The van der Waals surface area contributed by atoms with Gasteiger partial charge in [0.2, 0.25) is 5.91 Å². The van der Waals surface area contributed by atoms with Crippen LogP contribution in [0.4, 0.5) is 5.69 Å². The molecule has 5 heteroatoms. The van der Waals surface area contributed by atoms with Crippen LogP contribution >= 0.6 is 11.3 Å². The van der Waals surface area contributed by atoms with Gasteiger partial charge in [0.05, 0.1) is 16.2 Å². The van der Waals surface area contributed by atoms with Crippen molar-refractivity contribution in [2.24, 2.45) is 5.73 Å². The molecule has 1 aliphatic carbocycles. The van der Waals surface area contributed by atoms with Crippen LogP contribution in [0.3, 0.4) is 0 Å². The number of thiazole rings is 1. The first kappa shape index (κ1) is 12.3. The van der Waals surface area contributed by atoms with Gasteiger partial charge in [-0.1, -0.05) is 12.1 Å². The Hall–Kier alpha value is -1.72. The maximum Gasteiger partial charge on any atom is 0.244 e. The highest BCUT2D eigenvalue weighted by Gasteiger charge is 2.45. The molecular weight excluding hydrogens is 258 g/mol. The molecule has 0 radical (unpaired) electrons. The summed E-state index contributed by atoms with van der Waals surface area (Å²) in [5.41, 5.74) is 7.93. The van der Waals surface area contributed by atoms with Crippen molar-refractivity contribution in [3.05, 3.63) is 34.7 Å². The molecule has 2 aromatic rings. The Morgan fingerprint density at radius 2 is 2.26 bits per heavy atom. The molecule has 1 aromatic heterocycles. The average molecular weight is 273 g/mol. The number of nitrogens with two attached hydrogens (primary N) is 1. The molecular formula is C14H15N3OS. The molecule has 1 heterocycles. The van der Waals surface area contributed by atoms with Crippen molar-refractivity contribution < 1.29 is 4.79 Å². The van der Waals surface area contributed by atoms with Gasteiger partial charge in [-0.3, -0.25) is 4.79 Å². The van der Waals surface area contributed by atoms with E-state index >= 15 is 0 Å². The summed E-state index contributed by atoms with van der Waals surface area (Å²) < 4.78 is 0. The molecule has 4 nitrogen and oxygen atoms in total. The monoisotopic (exact) mass is 273 g/mol. The Labute approximate surface area is 115 Å². The Balaban J connectivity index is 1.82. The number of aryl methyl sites for hydroxylation is 1. The lowest BCUT2D eigenvalue weighted by atomic mass is 10.1. The number of nitrogens with one attached hydrogen (secondary N) is 1. The van der Waals surface area contributed by atoms with Crippen LogP contribution in [0, 0.1) is 6.92 Å². The minimum absolute atomic E-state index is 0.0980. The third kappa shape index (κ3) is 2.52. The fourth-order valence-corrected chi connectivity index (χ4v) is 2.49. The van der Waals surface area contributed by atoms with Crippen LogP contribution in [0.1, 0.15) is 17.8 Å². The smallest absolute Gasteiger partial charge is 0.244 e. The standard InChI is InChI=1S/C14H15N3OS/c1-9-16-12(8-19-9)10-3-2-4-11(7-10)17-13(18)14(15)5-6-14/h2-4,7-8H,5-6,15H2,1H3,(H,17,18). The quantitative estimate of drug-likeness (QED) is 0.903. The largest absolute Gasteiger partial charge is 0.324 e. The summed E-state index contributed by atoms with van der Waals surface area (Å²) >= 11 is 1.61. The van der Waals surface area contributed by atoms with E-state index in [1.54, 1.807) is 11.3 Å². The second-order valence-corrected chi connectivity index (χ2v) is 6.01. The van der Waals surface area contributed by atoms with Crippen molar-refractivity contribution in [1.82, 2.24) is 4.98 Å². The fourth-order valence-electron chi connectivity index (χ4n) is 1.87. The summed E-state index contributed by atoms with van der Waals surface area (Å²) in [5, 5.41) is 5.92. The summed E-state index contributed by atoms with van der Waals surface area (Å²) in [5.74, 6) is -0.0980. The number of carbonyl (C=O) groups is 1. The van der Waals surface area contributed by atoms with Crippen molar-refractivity contribution in [3.63, 3.8) is 0 Å². The lowest BCUT2D eigenvalue weighted by Crippen LogP contribution is -2.37. The second kappa shape index (κ2) is 4.43. The Morgan fingerprint density at radius 1 is 1.47 bits per heavy atom. The Morgan fingerprint density at radius 3 is 2.89 bits per heavy atom. The van der Waals surface area contributed by atoms with Crippen molar-refractivity contribution >= 4 is 22.9 Å². The van der Waals surface area contributed by atoms with Crippen molar-refractivity contribution in [2.45, 2.75) is 25.3 Å². The van der Waals surface area contributed by atoms with E-state index in [1.165, 1.54) is 0 Å². The predicted octanol–water partition coefficient (Wildman–Crippen LogP) is 2.55. The summed E-state index contributed by atoms with van der Waals surface area (Å²) in [7, 11) is 0. The number of amides is 1. The van der Waals surface area contributed by atoms with Gasteiger partial charge in [0.25, 0.3) is 0 Å². The maximum atomic E-state index is 11.9. The van der Waals surface area contributed by atoms with E-state index < -0.39 is 5.54 Å². The topological polar surface area (TPSA) is 68.0 Å². The van der Waals surface area contributed by atoms with Gasteiger partial charge < -0.3 is 11.1 Å². The van der Waals surface area contributed by atoms with E-state index in [0.717, 1.165) is 34.8 Å². The number of anilines is 1. The molecule has 3 N–H and O–H groups in total. The first-order valence-electron chi connectivity index (χ1n) is 6.20. The molecule has 1 amide bonds. The van der Waals surface area contributed by atoms with Crippen LogP contribution in [0.2, 0.25) is 0 Å². The molecule has 0 unspecified atom stereocenters. The molecule has 98 valence electrons. The van der Waals surface area contributed by atoms with Crippen molar-refractivity contribution in [3.8, 4) is 11.3 Å². The second-order valence-electron chi connectivity index (χ2n) is 4.94. The zero-order chi connectivity index (χ0) is 13.5. The Bertz CT molecular complexity index is 631. The molecule has 3 rings (SSSR count). The lowest BCUT2D eigenvalue weighted by Gasteiger charge is -2.10. The van der Waals surface area contributed by atoms with Gasteiger partial charge in [-0.2, -0.15) is 0 Å². The number of carbonyl (C=O) groups excluding carboxylic acids is 1. The van der Waals surface area contributed by atoms with Gasteiger partial charge >= 0.3 is 0 Å². The summed E-state index contributed by atoms with van der Waals surface area (Å²) in [4.78, 5) is 16.3. The van der Waals surface area contributed by atoms with Crippen LogP contribution in [-0.2, 0) is 4.79 Å². The molecule has 0 saturated heterocycles. The summed E-state index contributed by atoms with van der Waals surface area (Å²) in [6.07, 6.45) is 1.54. The number of aromatic nitrogens is 1. The first-order valence-corrected chi connectivity index (χ1v) is 7.08. The van der Waals surface area contributed by atoms with Crippen molar-refractivity contribution in [2.75, 3.05) is 5.32 Å². The molecule has 0 spiro atoms. The average Bonchev–Trinajstić information content (AvgIpc) is 2.99. The predicted molar refractivity (Wildman–Crippen MR) is 77.1 cm³/mol.